The molecule has 33 heavy (non-hydrogen) atoms. The molecule has 1 unspecified atom stereocenters. The summed E-state index contributed by atoms with van der Waals surface area (Å²) in [7, 11) is 0. The summed E-state index contributed by atoms with van der Waals surface area (Å²) in [4.78, 5) is 51.0. The minimum atomic E-state index is -1.29. The summed E-state index contributed by atoms with van der Waals surface area (Å²) in [5.41, 5.74) is 14.0. The van der Waals surface area contributed by atoms with Gasteiger partial charge in [-0.25, -0.2) is 14.8 Å². The van der Waals surface area contributed by atoms with Crippen molar-refractivity contribution >= 4 is 40.8 Å². The van der Waals surface area contributed by atoms with Gasteiger partial charge >= 0.3 is 11.9 Å². The van der Waals surface area contributed by atoms with Crippen LogP contribution in [0.25, 0.3) is 11.2 Å². The number of nitrogen functional groups attached to an aromatic ring is 2. The number of carboxylic acids is 2. The molecule has 0 fully saturated rings. The smallest absolute Gasteiger partial charge is 0.326 e. The first kappa shape index (κ1) is 23.3. The minimum Gasteiger partial charge on any atom is -0.481 e. The van der Waals surface area contributed by atoms with Gasteiger partial charge < -0.3 is 27.0 Å². The topological polar surface area (TPSA) is 207 Å². The Bertz CT molecular complexity index is 1200. The van der Waals surface area contributed by atoms with Gasteiger partial charge in [0.15, 0.2) is 17.0 Å². The van der Waals surface area contributed by atoms with E-state index in [1.54, 1.807) is 30.5 Å². The van der Waals surface area contributed by atoms with Crippen molar-refractivity contribution in [3.05, 3.63) is 47.3 Å². The van der Waals surface area contributed by atoms with Crippen LogP contribution in [0.4, 0.5) is 11.8 Å². The Morgan fingerprint density at radius 2 is 1.76 bits per heavy atom. The lowest BCUT2D eigenvalue weighted by atomic mass is 9.97. The summed E-state index contributed by atoms with van der Waals surface area (Å²) >= 11 is 0. The van der Waals surface area contributed by atoms with Gasteiger partial charge in [-0.2, -0.15) is 9.97 Å². The summed E-state index contributed by atoms with van der Waals surface area (Å²) in [5.74, 6) is -2.88. The van der Waals surface area contributed by atoms with Gasteiger partial charge in [0, 0.05) is 17.9 Å². The third-order valence-corrected chi connectivity index (χ3v) is 4.98. The van der Waals surface area contributed by atoms with Crippen LogP contribution in [0.1, 0.15) is 47.3 Å². The molecule has 0 spiro atoms. The second-order valence-electron chi connectivity index (χ2n) is 7.53. The number of nitrogens with one attached hydrogen (secondary N) is 1. The van der Waals surface area contributed by atoms with Crippen LogP contribution < -0.4 is 16.8 Å². The molecule has 12 heteroatoms. The van der Waals surface area contributed by atoms with Crippen LogP contribution in [-0.4, -0.2) is 54.0 Å². The average molecular weight is 453 g/mol. The van der Waals surface area contributed by atoms with E-state index in [1.807, 2.05) is 6.92 Å². The number of carbonyl (C=O) groups is 3. The molecular weight excluding hydrogens is 430 g/mol. The maximum Gasteiger partial charge on any atom is 0.326 e. The Kier molecular flexibility index (Phi) is 6.96. The fourth-order valence-electron chi connectivity index (χ4n) is 3.21. The molecule has 2 atom stereocenters. The predicted molar refractivity (Wildman–Crippen MR) is 118 cm³/mol. The zero-order valence-electron chi connectivity index (χ0n) is 17.7. The van der Waals surface area contributed by atoms with E-state index in [9.17, 15) is 19.5 Å². The number of hydrogen-bond acceptors (Lipinski definition) is 9. The molecule has 0 aliphatic heterocycles. The number of aromatic nitrogens is 4. The molecular formula is C21H23N7O5. The van der Waals surface area contributed by atoms with Crippen molar-refractivity contribution in [2.75, 3.05) is 11.5 Å². The lowest BCUT2D eigenvalue weighted by molar-refractivity contribution is -0.140. The highest BCUT2D eigenvalue weighted by atomic mass is 16.4. The molecule has 0 radical (unpaired) electrons. The van der Waals surface area contributed by atoms with E-state index in [4.69, 9.17) is 16.6 Å². The first-order chi connectivity index (χ1) is 15.6. The first-order valence-electron chi connectivity index (χ1n) is 10.0. The van der Waals surface area contributed by atoms with E-state index >= 15 is 0 Å². The lowest BCUT2D eigenvalue weighted by Crippen LogP contribution is -2.41. The normalized spacial score (nSPS) is 12.8. The largest absolute Gasteiger partial charge is 0.481 e. The Morgan fingerprint density at radius 3 is 2.39 bits per heavy atom. The van der Waals surface area contributed by atoms with E-state index in [2.05, 4.69) is 25.3 Å². The maximum absolute atomic E-state index is 12.4. The summed E-state index contributed by atoms with van der Waals surface area (Å²) < 4.78 is 0. The van der Waals surface area contributed by atoms with Crippen molar-refractivity contribution in [2.45, 2.75) is 38.1 Å². The van der Waals surface area contributed by atoms with Gasteiger partial charge in [-0.15, -0.1) is 0 Å². The number of hydrogen-bond donors (Lipinski definition) is 5. The monoisotopic (exact) mass is 453 g/mol. The number of carbonyl (C=O) groups excluding carboxylic acids is 1. The second kappa shape index (κ2) is 9.85. The summed E-state index contributed by atoms with van der Waals surface area (Å²) in [6.07, 6.45) is 1.62. The van der Waals surface area contributed by atoms with Gasteiger partial charge in [0.25, 0.3) is 5.91 Å². The minimum absolute atomic E-state index is 0.0239. The number of nitrogens with zero attached hydrogens (tertiary/aromatic N) is 4. The molecule has 0 saturated heterocycles. The zero-order valence-corrected chi connectivity index (χ0v) is 17.7. The van der Waals surface area contributed by atoms with Gasteiger partial charge in [-0.3, -0.25) is 9.59 Å². The Morgan fingerprint density at radius 1 is 1.06 bits per heavy atom. The predicted octanol–water partition coefficient (Wildman–Crippen LogP) is 0.978. The molecule has 1 amide bonds. The molecule has 0 bridgehead atoms. The quantitative estimate of drug-likeness (QED) is 0.308. The van der Waals surface area contributed by atoms with Crippen LogP contribution in [0, 0.1) is 0 Å². The SMILES string of the molecule is CC(Cc1ccc(C(=O)N[C@@H](CCC(=O)O)C(=O)O)cc1)c1cnc2nc(N)nc(N)c2n1. The highest BCUT2D eigenvalue weighted by Gasteiger charge is 2.21. The number of rotatable bonds is 9. The van der Waals surface area contributed by atoms with Crippen molar-refractivity contribution < 1.29 is 24.6 Å². The highest BCUT2D eigenvalue weighted by Crippen LogP contribution is 2.22. The van der Waals surface area contributed by atoms with E-state index in [0.29, 0.717) is 23.3 Å². The number of carboxylic acid groups (broad SMARTS) is 2. The second-order valence-corrected chi connectivity index (χ2v) is 7.53. The van der Waals surface area contributed by atoms with E-state index in [1.165, 1.54) is 0 Å². The molecule has 12 nitrogen and oxygen atoms in total. The van der Waals surface area contributed by atoms with Gasteiger partial charge in [-0.05, 0) is 30.5 Å². The van der Waals surface area contributed by atoms with Crippen molar-refractivity contribution in [3.8, 4) is 0 Å². The van der Waals surface area contributed by atoms with Gasteiger partial charge in [-0.1, -0.05) is 19.1 Å². The van der Waals surface area contributed by atoms with E-state index in [-0.39, 0.29) is 36.1 Å². The summed E-state index contributed by atoms with van der Waals surface area (Å²) in [6.45, 7) is 1.96. The molecule has 0 aliphatic rings. The Hall–Kier alpha value is -4.35. The van der Waals surface area contributed by atoms with Gasteiger partial charge in [0.2, 0.25) is 5.95 Å². The molecule has 2 heterocycles. The number of benzene rings is 1. The van der Waals surface area contributed by atoms with Crippen molar-refractivity contribution in [1.29, 1.82) is 0 Å². The molecule has 172 valence electrons. The van der Waals surface area contributed by atoms with E-state index < -0.39 is 23.9 Å². The number of nitrogens with two attached hydrogens (primary N) is 2. The lowest BCUT2D eigenvalue weighted by Gasteiger charge is -2.14. The molecule has 0 saturated carbocycles. The number of anilines is 2. The van der Waals surface area contributed by atoms with E-state index in [0.717, 1.165) is 5.56 Å². The first-order valence-corrected chi connectivity index (χ1v) is 10.0. The molecule has 0 aliphatic carbocycles. The van der Waals surface area contributed by atoms with Crippen molar-refractivity contribution in [1.82, 2.24) is 25.3 Å². The third kappa shape index (κ3) is 5.87. The van der Waals surface area contributed by atoms with Crippen molar-refractivity contribution in [2.24, 2.45) is 0 Å². The number of fused-ring (bicyclic) bond motifs is 1. The van der Waals surface area contributed by atoms with Crippen LogP contribution in [0.2, 0.25) is 0 Å². The zero-order chi connectivity index (χ0) is 24.1. The van der Waals surface area contributed by atoms with Crippen LogP contribution >= 0.6 is 0 Å². The standard InChI is InChI=1S/C21H23N7O5/c1-10(14-9-24-18-16(25-14)17(22)27-21(23)28-18)8-11-2-4-12(5-3-11)19(31)26-13(20(32)33)6-7-15(29)30/h2-5,9-10,13H,6-8H2,1H3,(H,26,31)(H,29,30)(H,32,33)(H4,22,23,24,27,28)/t10?,13-/m0/s1. The van der Waals surface area contributed by atoms with Gasteiger partial charge in [0.05, 0.1) is 11.9 Å². The van der Waals surface area contributed by atoms with Crippen LogP contribution in [0.3, 0.4) is 0 Å². The molecule has 7 N–H and O–H groups in total. The Labute approximate surface area is 188 Å². The van der Waals surface area contributed by atoms with Crippen LogP contribution in [-0.2, 0) is 16.0 Å². The average Bonchev–Trinajstić information content (AvgIpc) is 2.76. The number of amides is 1. The molecule has 3 aromatic rings. The van der Waals surface area contributed by atoms with Crippen molar-refractivity contribution in [3.63, 3.8) is 0 Å². The van der Waals surface area contributed by atoms with Crippen LogP contribution in [0.15, 0.2) is 30.5 Å². The molecule has 1 aromatic carbocycles. The summed E-state index contributed by atoms with van der Waals surface area (Å²) in [5, 5.41) is 20.3. The van der Waals surface area contributed by atoms with Gasteiger partial charge in [0.1, 0.15) is 6.04 Å². The summed E-state index contributed by atoms with van der Waals surface area (Å²) in [6, 6.07) is 5.38. The molecule has 2 aromatic heterocycles. The van der Waals surface area contributed by atoms with Crippen LogP contribution in [0.5, 0.6) is 0 Å². The highest BCUT2D eigenvalue weighted by molar-refractivity contribution is 5.96. The molecule has 3 rings (SSSR count). The Balaban J connectivity index is 1.67. The fraction of sp³-hybridized carbons (Fsp3) is 0.286. The number of aliphatic carboxylic acids is 2. The third-order valence-electron chi connectivity index (χ3n) is 4.98. The fourth-order valence-corrected chi connectivity index (χ4v) is 3.21. The maximum atomic E-state index is 12.4.